The molecule has 1 aromatic carbocycles. The van der Waals surface area contributed by atoms with Gasteiger partial charge in [0, 0.05) is 5.25 Å². The maximum atomic E-state index is 6.86. The van der Waals surface area contributed by atoms with E-state index in [0.29, 0.717) is 15.8 Å². The number of hydrogen-bond acceptors (Lipinski definition) is 4. The van der Waals surface area contributed by atoms with Crippen LogP contribution in [0.4, 0.5) is 0 Å². The molecule has 0 saturated heterocycles. The Hall–Kier alpha value is -1.07. The number of para-hydroxylation sites is 1. The van der Waals surface area contributed by atoms with Crippen LogP contribution in [0.5, 0.6) is 0 Å². The van der Waals surface area contributed by atoms with Crippen molar-refractivity contribution in [1.82, 2.24) is 20.2 Å². The molecule has 6 heteroatoms. The maximum Gasteiger partial charge on any atom is 0.231 e. The number of benzene rings is 1. The van der Waals surface area contributed by atoms with E-state index in [1.165, 1.54) is 0 Å². The molecule has 23 heavy (non-hydrogen) atoms. The SMILES string of the molecule is CC1(C)[C@@H]2C[C@](C)(Cl)[C@@H](Sc3nnn(-c4ccccc4)n3)C[C@@H]21. The molecule has 122 valence electrons. The molecular weight excluding hydrogens is 328 g/mol. The van der Waals surface area contributed by atoms with Crippen molar-refractivity contribution < 1.29 is 0 Å². The van der Waals surface area contributed by atoms with Crippen LogP contribution in [0.3, 0.4) is 0 Å². The highest BCUT2D eigenvalue weighted by molar-refractivity contribution is 7.99. The summed E-state index contributed by atoms with van der Waals surface area (Å²) in [4.78, 5) is 1.39. The molecule has 4 rings (SSSR count). The summed E-state index contributed by atoms with van der Waals surface area (Å²) in [5.41, 5.74) is 1.37. The molecule has 0 N–H and O–H groups in total. The Morgan fingerprint density at radius 2 is 1.91 bits per heavy atom. The van der Waals surface area contributed by atoms with E-state index in [9.17, 15) is 0 Å². The standard InChI is InChI=1S/C17H21ClN4S/c1-16(2)12-9-14(17(3,18)10-13(12)16)23-15-19-21-22(20-15)11-7-5-4-6-8-11/h4-8,12-14H,9-10H2,1-3H3/t12-,13+,14-,17-/m0/s1. The molecule has 2 saturated carbocycles. The fourth-order valence-electron chi connectivity index (χ4n) is 3.99. The highest BCUT2D eigenvalue weighted by atomic mass is 35.5. The van der Waals surface area contributed by atoms with E-state index >= 15 is 0 Å². The van der Waals surface area contributed by atoms with Crippen molar-refractivity contribution in [3.63, 3.8) is 0 Å². The van der Waals surface area contributed by atoms with E-state index in [1.807, 2.05) is 30.3 Å². The highest BCUT2D eigenvalue weighted by Crippen LogP contribution is 2.68. The van der Waals surface area contributed by atoms with Gasteiger partial charge in [-0.2, -0.15) is 0 Å². The molecular formula is C17H21ClN4S. The van der Waals surface area contributed by atoms with Crippen LogP contribution in [-0.2, 0) is 0 Å². The number of fused-ring (bicyclic) bond motifs is 1. The van der Waals surface area contributed by atoms with Crippen LogP contribution in [0.2, 0.25) is 0 Å². The third-order valence-corrected chi connectivity index (χ3v) is 7.59. The number of alkyl halides is 1. The molecule has 1 aromatic heterocycles. The summed E-state index contributed by atoms with van der Waals surface area (Å²) >= 11 is 8.54. The van der Waals surface area contributed by atoms with Crippen LogP contribution in [0.25, 0.3) is 5.69 Å². The van der Waals surface area contributed by atoms with Gasteiger partial charge in [0.05, 0.1) is 10.6 Å². The average Bonchev–Trinajstić information content (AvgIpc) is 2.89. The lowest BCUT2D eigenvalue weighted by molar-refractivity contribution is 0.406. The molecule has 4 atom stereocenters. The second kappa shape index (κ2) is 5.21. The fourth-order valence-corrected chi connectivity index (χ4v) is 5.48. The van der Waals surface area contributed by atoms with E-state index in [0.717, 1.165) is 30.4 Å². The molecule has 2 fully saturated rings. The predicted octanol–water partition coefficient (Wildman–Crippen LogP) is 4.19. The van der Waals surface area contributed by atoms with Gasteiger partial charge in [0.15, 0.2) is 0 Å². The lowest BCUT2D eigenvalue weighted by Crippen LogP contribution is -2.35. The molecule has 1 heterocycles. The number of thioether (sulfide) groups is 1. The lowest BCUT2D eigenvalue weighted by Gasteiger charge is -2.34. The zero-order chi connectivity index (χ0) is 16.2. The van der Waals surface area contributed by atoms with Crippen LogP contribution < -0.4 is 0 Å². The Balaban J connectivity index is 1.51. The molecule has 2 aliphatic rings. The first kappa shape index (κ1) is 15.5. The summed E-state index contributed by atoms with van der Waals surface area (Å²) in [6.45, 7) is 6.90. The molecule has 0 spiro atoms. The summed E-state index contributed by atoms with van der Waals surface area (Å²) in [6.07, 6.45) is 2.22. The fraction of sp³-hybridized carbons (Fsp3) is 0.588. The van der Waals surface area contributed by atoms with Crippen molar-refractivity contribution >= 4 is 23.4 Å². The number of hydrogen-bond donors (Lipinski definition) is 0. The van der Waals surface area contributed by atoms with Crippen LogP contribution in [0.1, 0.15) is 33.6 Å². The van der Waals surface area contributed by atoms with Crippen molar-refractivity contribution in [2.45, 2.75) is 48.9 Å². The van der Waals surface area contributed by atoms with Gasteiger partial charge in [0.2, 0.25) is 5.16 Å². The van der Waals surface area contributed by atoms with Crippen molar-refractivity contribution in [3.8, 4) is 5.69 Å². The van der Waals surface area contributed by atoms with Gasteiger partial charge in [-0.3, -0.25) is 0 Å². The van der Waals surface area contributed by atoms with Gasteiger partial charge < -0.3 is 0 Å². The molecule has 0 radical (unpaired) electrons. The van der Waals surface area contributed by atoms with Crippen LogP contribution in [0.15, 0.2) is 35.5 Å². The van der Waals surface area contributed by atoms with Gasteiger partial charge in [0.1, 0.15) is 0 Å². The minimum Gasteiger partial charge on any atom is -0.130 e. The number of rotatable bonds is 3. The average molecular weight is 349 g/mol. The topological polar surface area (TPSA) is 43.6 Å². The number of tetrazole rings is 1. The predicted molar refractivity (Wildman–Crippen MR) is 93.1 cm³/mol. The highest BCUT2D eigenvalue weighted by Gasteiger charge is 2.63. The Morgan fingerprint density at radius 1 is 1.17 bits per heavy atom. The van der Waals surface area contributed by atoms with Gasteiger partial charge >= 0.3 is 0 Å². The van der Waals surface area contributed by atoms with E-state index in [1.54, 1.807) is 16.6 Å². The van der Waals surface area contributed by atoms with E-state index < -0.39 is 0 Å². The molecule has 2 aliphatic carbocycles. The van der Waals surface area contributed by atoms with Crippen LogP contribution in [0, 0.1) is 17.3 Å². The summed E-state index contributed by atoms with van der Waals surface area (Å²) in [5, 5.41) is 13.9. The molecule has 0 bridgehead atoms. The third-order valence-electron chi connectivity index (χ3n) is 5.68. The zero-order valence-electron chi connectivity index (χ0n) is 13.6. The van der Waals surface area contributed by atoms with Crippen molar-refractivity contribution in [3.05, 3.63) is 30.3 Å². The minimum absolute atomic E-state index is 0.197. The van der Waals surface area contributed by atoms with E-state index in [2.05, 4.69) is 36.2 Å². The summed E-state index contributed by atoms with van der Waals surface area (Å²) in [7, 11) is 0. The smallest absolute Gasteiger partial charge is 0.130 e. The summed E-state index contributed by atoms with van der Waals surface area (Å²) in [5.74, 6) is 1.56. The first-order chi connectivity index (χ1) is 10.9. The Bertz CT molecular complexity index is 712. The summed E-state index contributed by atoms with van der Waals surface area (Å²) < 4.78 is 0. The quantitative estimate of drug-likeness (QED) is 0.780. The molecule has 0 amide bonds. The van der Waals surface area contributed by atoms with Gasteiger partial charge in [0.25, 0.3) is 0 Å². The molecule has 4 nitrogen and oxygen atoms in total. The van der Waals surface area contributed by atoms with Crippen molar-refractivity contribution in [2.24, 2.45) is 17.3 Å². The maximum absolute atomic E-state index is 6.86. The largest absolute Gasteiger partial charge is 0.231 e. The zero-order valence-corrected chi connectivity index (χ0v) is 15.2. The lowest BCUT2D eigenvalue weighted by atomic mass is 9.89. The van der Waals surface area contributed by atoms with Crippen molar-refractivity contribution in [2.75, 3.05) is 0 Å². The van der Waals surface area contributed by atoms with Gasteiger partial charge in [-0.05, 0) is 54.4 Å². The Morgan fingerprint density at radius 3 is 2.65 bits per heavy atom. The van der Waals surface area contributed by atoms with E-state index in [-0.39, 0.29) is 4.87 Å². The van der Waals surface area contributed by atoms with Gasteiger partial charge in [-0.25, -0.2) is 0 Å². The Labute approximate surface area is 146 Å². The normalized spacial score (nSPS) is 34.9. The monoisotopic (exact) mass is 348 g/mol. The van der Waals surface area contributed by atoms with Crippen LogP contribution >= 0.6 is 23.4 Å². The molecule has 0 aliphatic heterocycles. The number of nitrogens with zero attached hydrogens (tertiary/aromatic N) is 4. The Kier molecular flexibility index (Phi) is 3.50. The second-order valence-corrected chi connectivity index (χ2v) is 9.59. The first-order valence-corrected chi connectivity index (χ1v) is 9.35. The van der Waals surface area contributed by atoms with Crippen LogP contribution in [-0.4, -0.2) is 30.3 Å². The van der Waals surface area contributed by atoms with E-state index in [4.69, 9.17) is 11.6 Å². The third kappa shape index (κ3) is 2.68. The minimum atomic E-state index is -0.197. The number of aromatic nitrogens is 4. The van der Waals surface area contributed by atoms with Gasteiger partial charge in [-0.1, -0.05) is 43.8 Å². The number of halogens is 1. The van der Waals surface area contributed by atoms with Crippen molar-refractivity contribution in [1.29, 1.82) is 0 Å². The molecule has 2 aromatic rings. The molecule has 0 unspecified atom stereocenters. The van der Waals surface area contributed by atoms with Gasteiger partial charge in [-0.15, -0.1) is 26.6 Å². The summed E-state index contributed by atoms with van der Waals surface area (Å²) in [6, 6.07) is 9.86. The first-order valence-electron chi connectivity index (χ1n) is 8.09. The second-order valence-electron chi connectivity index (χ2n) is 7.56.